The molecule has 4 aliphatic rings. The van der Waals surface area contributed by atoms with Gasteiger partial charge in [-0.15, -0.1) is 0 Å². The number of aromatic hydroxyl groups is 2. The molecule has 4 bridgehead atoms. The molecule has 1 saturated carbocycles. The molecule has 8 rings (SSSR count). The maximum Gasteiger partial charge on any atom is 0.302 e. The van der Waals surface area contributed by atoms with Crippen LogP contribution in [0, 0.1) is 23.7 Å². The Morgan fingerprint density at radius 2 is 1.93 bits per heavy atom. The highest BCUT2D eigenvalue weighted by Gasteiger charge is 2.51. The molecule has 1 spiro atoms. The van der Waals surface area contributed by atoms with Gasteiger partial charge in [0, 0.05) is 53.6 Å². The monoisotopic (exact) mass is 757 g/mol. The number of nitrogen functional groups attached to an aromatic ring is 1. The molecule has 5 N–H and O–H groups in total. The number of esters is 1. The van der Waals surface area contributed by atoms with E-state index < -0.39 is 6.10 Å². The molecule has 1 fully saturated rings. The van der Waals surface area contributed by atoms with Crippen LogP contribution in [0.25, 0.3) is 11.1 Å². The van der Waals surface area contributed by atoms with Crippen LogP contribution in [0.3, 0.4) is 0 Å². The number of rotatable bonds is 10. The van der Waals surface area contributed by atoms with Gasteiger partial charge in [-0.1, -0.05) is 38.0 Å². The van der Waals surface area contributed by atoms with Crippen molar-refractivity contribution in [3.8, 4) is 51.7 Å². The smallest absolute Gasteiger partial charge is 0.302 e. The van der Waals surface area contributed by atoms with Crippen LogP contribution in [0.4, 0.5) is 5.82 Å². The average Bonchev–Trinajstić information content (AvgIpc) is 3.73. The summed E-state index contributed by atoms with van der Waals surface area (Å²) in [6, 6.07) is 15.3. The Hall–Kier alpha value is -5.40. The van der Waals surface area contributed by atoms with Gasteiger partial charge in [-0.2, -0.15) is 0 Å². The number of nitrogens with zero attached hydrogens (tertiary/aromatic N) is 1. The maximum absolute atomic E-state index is 12.4. The third-order valence-corrected chi connectivity index (χ3v) is 12.0. The van der Waals surface area contributed by atoms with Crippen LogP contribution in [-0.4, -0.2) is 54.6 Å². The van der Waals surface area contributed by atoms with Crippen molar-refractivity contribution in [2.24, 2.45) is 11.8 Å². The van der Waals surface area contributed by atoms with Crippen molar-refractivity contribution in [3.63, 3.8) is 0 Å². The number of phenolic OH excluding ortho intramolecular Hbond substituents is 2. The van der Waals surface area contributed by atoms with Crippen LogP contribution in [0.15, 0.2) is 48.5 Å². The van der Waals surface area contributed by atoms with Gasteiger partial charge in [0.25, 0.3) is 0 Å². The summed E-state index contributed by atoms with van der Waals surface area (Å²) in [7, 11) is 1.63. The molecule has 4 aromatic rings. The molecule has 0 amide bonds. The van der Waals surface area contributed by atoms with E-state index in [-0.39, 0.29) is 35.4 Å². The minimum atomic E-state index is -0.580. The number of phenols is 2. The predicted octanol–water partition coefficient (Wildman–Crippen LogP) is 7.29. The lowest BCUT2D eigenvalue weighted by molar-refractivity contribution is -0.141. The quantitative estimate of drug-likeness (QED) is 0.0740. The normalized spacial score (nSPS) is 21.3. The molecule has 4 atom stereocenters. The molecule has 1 aromatic heterocycles. The van der Waals surface area contributed by atoms with Crippen LogP contribution in [0.1, 0.15) is 97.6 Å². The van der Waals surface area contributed by atoms with E-state index in [0.717, 1.165) is 88.9 Å². The first-order valence-corrected chi connectivity index (χ1v) is 19.8. The number of hydrogen-bond acceptors (Lipinski definition) is 10. The zero-order chi connectivity index (χ0) is 39.1. The van der Waals surface area contributed by atoms with Crippen LogP contribution in [-0.2, 0) is 34.2 Å². The van der Waals surface area contributed by atoms with Crippen LogP contribution < -0.4 is 25.3 Å². The van der Waals surface area contributed by atoms with Gasteiger partial charge in [-0.25, -0.2) is 4.98 Å². The van der Waals surface area contributed by atoms with E-state index in [1.807, 2.05) is 18.2 Å². The molecular weight excluding hydrogens is 707 g/mol. The first-order chi connectivity index (χ1) is 27.0. The minimum Gasteiger partial charge on any atom is -0.508 e. The number of hydrogen-bond donors (Lipinski definition) is 4. The maximum atomic E-state index is 12.4. The van der Waals surface area contributed by atoms with Crippen molar-refractivity contribution in [3.05, 3.63) is 87.6 Å². The number of fused-ring (bicyclic) bond motifs is 7. The zero-order valence-electron chi connectivity index (χ0n) is 32.7. The van der Waals surface area contributed by atoms with Crippen molar-refractivity contribution in [2.75, 3.05) is 39.1 Å². The third kappa shape index (κ3) is 7.09. The van der Waals surface area contributed by atoms with Gasteiger partial charge in [0.05, 0.1) is 13.0 Å². The summed E-state index contributed by atoms with van der Waals surface area (Å²) in [6.45, 7) is 7.80. The van der Waals surface area contributed by atoms with E-state index in [0.29, 0.717) is 60.8 Å². The molecule has 3 heterocycles. The Bertz CT molecular complexity index is 2240. The highest BCUT2D eigenvalue weighted by atomic mass is 16.5. The molecule has 3 aromatic carbocycles. The largest absolute Gasteiger partial charge is 0.508 e. The fourth-order valence-electron chi connectivity index (χ4n) is 9.52. The average molecular weight is 758 g/mol. The van der Waals surface area contributed by atoms with Gasteiger partial charge in [-0.3, -0.25) is 4.79 Å². The highest BCUT2D eigenvalue weighted by molar-refractivity contribution is 5.84. The molecule has 4 unspecified atom stereocenters. The second-order valence-electron chi connectivity index (χ2n) is 16.3. The van der Waals surface area contributed by atoms with Crippen LogP contribution in [0.2, 0.25) is 0 Å². The van der Waals surface area contributed by atoms with E-state index in [1.165, 1.54) is 6.92 Å². The topological polar surface area (TPSA) is 145 Å². The Morgan fingerprint density at radius 1 is 1.07 bits per heavy atom. The van der Waals surface area contributed by atoms with Crippen molar-refractivity contribution in [2.45, 2.75) is 83.2 Å². The van der Waals surface area contributed by atoms with Gasteiger partial charge < -0.3 is 40.2 Å². The lowest BCUT2D eigenvalue weighted by atomic mass is 9.65. The van der Waals surface area contributed by atoms with E-state index in [4.69, 9.17) is 24.7 Å². The molecular formula is C46H51N3O7. The fraction of sp³-hybridized carbons (Fsp3) is 0.435. The number of carbonyl (C=O) groups excluding carboxylic acids is 1. The molecule has 56 heavy (non-hydrogen) atoms. The fourth-order valence-corrected chi connectivity index (χ4v) is 9.52. The Balaban J connectivity index is 1.30. The lowest BCUT2D eigenvalue weighted by Crippen LogP contribution is -2.31. The summed E-state index contributed by atoms with van der Waals surface area (Å²) >= 11 is 0. The van der Waals surface area contributed by atoms with Crippen molar-refractivity contribution < 1.29 is 34.0 Å². The Kier molecular flexibility index (Phi) is 10.2. The van der Waals surface area contributed by atoms with Gasteiger partial charge in [0.1, 0.15) is 48.1 Å². The first-order valence-electron chi connectivity index (χ1n) is 19.8. The molecule has 0 saturated heterocycles. The lowest BCUT2D eigenvalue weighted by Gasteiger charge is -2.39. The summed E-state index contributed by atoms with van der Waals surface area (Å²) < 4.78 is 25.2. The zero-order valence-corrected chi connectivity index (χ0v) is 32.7. The Labute approximate surface area is 328 Å². The van der Waals surface area contributed by atoms with Crippen molar-refractivity contribution in [1.29, 1.82) is 0 Å². The number of anilines is 1. The van der Waals surface area contributed by atoms with Crippen LogP contribution >= 0.6 is 0 Å². The van der Waals surface area contributed by atoms with E-state index >= 15 is 0 Å². The number of nitrogens with one attached hydrogen (secondary N) is 1. The number of benzene rings is 3. The Morgan fingerprint density at radius 3 is 2.73 bits per heavy atom. The number of nitrogens with two attached hydrogens (primary N) is 1. The number of pyridine rings is 1. The highest BCUT2D eigenvalue weighted by Crippen LogP contribution is 2.62. The number of methoxy groups -OCH3 is 1. The summed E-state index contributed by atoms with van der Waals surface area (Å²) in [5.41, 5.74) is 14.3. The van der Waals surface area contributed by atoms with Gasteiger partial charge >= 0.3 is 5.97 Å². The summed E-state index contributed by atoms with van der Waals surface area (Å²) in [6.07, 6.45) is 5.07. The first kappa shape index (κ1) is 37.5. The predicted molar refractivity (Wildman–Crippen MR) is 214 cm³/mol. The molecule has 0 radical (unpaired) electrons. The van der Waals surface area contributed by atoms with Gasteiger partial charge in [-0.05, 0) is 109 Å². The second-order valence-corrected chi connectivity index (χ2v) is 16.3. The van der Waals surface area contributed by atoms with E-state index in [2.05, 4.69) is 54.2 Å². The van der Waals surface area contributed by atoms with Gasteiger partial charge in [0.2, 0.25) is 0 Å². The minimum absolute atomic E-state index is 0.0149. The summed E-state index contributed by atoms with van der Waals surface area (Å²) in [5.74, 6) is 9.25. The standard InChI is InChI=1S/C46H51N3O7/c1-26(2)13-15-48-16-17-54-39-22-35-29(20-38(39)52)6-5-7-37-30(8-11-41(47)49-37)18-28-12-14-46(23-28)24-31-19-32(51)21-40(53-4)42(31)34-10-9-33-36(25-55-27(3)50)44(35)56-45(33)43(34)46/h8-11,19-22,26,28,36,44,48,51-52H,6,12-18,23-25H2,1-4H3,(H2,47,49). The molecule has 292 valence electrons. The third-order valence-electron chi connectivity index (χ3n) is 12.0. The second kappa shape index (κ2) is 15.3. The summed E-state index contributed by atoms with van der Waals surface area (Å²) in [5, 5.41) is 25.6. The van der Waals surface area contributed by atoms with E-state index in [1.54, 1.807) is 19.2 Å². The van der Waals surface area contributed by atoms with Crippen LogP contribution in [0.5, 0.6) is 28.7 Å². The molecule has 2 aliphatic carbocycles. The number of aromatic nitrogens is 1. The van der Waals surface area contributed by atoms with E-state index in [9.17, 15) is 15.0 Å². The number of carbonyl (C=O) groups is 1. The number of ether oxygens (including phenoxy) is 4. The van der Waals surface area contributed by atoms with Crippen molar-refractivity contribution in [1.82, 2.24) is 10.3 Å². The molecule has 2 aliphatic heterocycles. The SMILES string of the molecule is COc1cc(O)cc2c1-c1ccc3c4c1C1(CCC(Cc5ccc(N)nc5C#CCc5cc(O)c(OCCNCCC(C)C)cc5C(O4)C3COC(C)=O)C1)C2. The summed E-state index contributed by atoms with van der Waals surface area (Å²) in [4.78, 5) is 17.1. The van der Waals surface area contributed by atoms with Gasteiger partial charge in [0.15, 0.2) is 11.5 Å². The van der Waals surface area contributed by atoms with Crippen molar-refractivity contribution >= 4 is 11.8 Å². The molecule has 10 nitrogen and oxygen atoms in total. The molecule has 10 heteroatoms.